The first-order valence-electron chi connectivity index (χ1n) is 7.76. The van der Waals surface area contributed by atoms with E-state index in [4.69, 9.17) is 0 Å². The SMILES string of the molecule is Cc1nc(C(F)(F)F)ccc1C(=O)NC1(C(=O)O)CCCCCC1. The van der Waals surface area contributed by atoms with Gasteiger partial charge in [-0.15, -0.1) is 0 Å². The van der Waals surface area contributed by atoms with Crippen molar-refractivity contribution in [3.8, 4) is 0 Å². The number of aromatic nitrogens is 1. The van der Waals surface area contributed by atoms with Gasteiger partial charge >= 0.3 is 12.1 Å². The predicted molar refractivity (Wildman–Crippen MR) is 79.5 cm³/mol. The number of pyridine rings is 1. The van der Waals surface area contributed by atoms with Gasteiger partial charge < -0.3 is 10.4 Å². The zero-order chi connectivity index (χ0) is 18.0. The molecule has 0 spiro atoms. The van der Waals surface area contributed by atoms with Gasteiger partial charge in [0.1, 0.15) is 11.2 Å². The predicted octanol–water partition coefficient (Wildman–Crippen LogP) is 3.32. The summed E-state index contributed by atoms with van der Waals surface area (Å²) in [7, 11) is 0. The second kappa shape index (κ2) is 6.78. The van der Waals surface area contributed by atoms with Crippen molar-refractivity contribution in [2.45, 2.75) is 57.2 Å². The molecule has 5 nitrogen and oxygen atoms in total. The molecule has 0 aromatic carbocycles. The van der Waals surface area contributed by atoms with Crippen molar-refractivity contribution in [3.05, 3.63) is 29.1 Å². The van der Waals surface area contributed by atoms with Crippen LogP contribution >= 0.6 is 0 Å². The van der Waals surface area contributed by atoms with E-state index in [9.17, 15) is 27.9 Å². The molecule has 8 heteroatoms. The van der Waals surface area contributed by atoms with E-state index in [0.717, 1.165) is 25.0 Å². The highest BCUT2D eigenvalue weighted by atomic mass is 19.4. The average molecular weight is 344 g/mol. The molecule has 1 aromatic rings. The maximum Gasteiger partial charge on any atom is 0.433 e. The molecule has 1 heterocycles. The van der Waals surface area contributed by atoms with Crippen LogP contribution < -0.4 is 5.32 Å². The molecule has 1 aliphatic rings. The van der Waals surface area contributed by atoms with Crippen molar-refractivity contribution in [2.24, 2.45) is 0 Å². The number of rotatable bonds is 3. The molecule has 24 heavy (non-hydrogen) atoms. The van der Waals surface area contributed by atoms with Gasteiger partial charge in [0.2, 0.25) is 0 Å². The number of carboxylic acids is 1. The van der Waals surface area contributed by atoms with Crippen LogP contribution in [-0.2, 0) is 11.0 Å². The fourth-order valence-corrected chi connectivity index (χ4v) is 2.97. The van der Waals surface area contributed by atoms with E-state index in [-0.39, 0.29) is 11.3 Å². The Kier molecular flexibility index (Phi) is 5.15. The molecule has 0 bridgehead atoms. The molecule has 0 radical (unpaired) electrons. The van der Waals surface area contributed by atoms with Crippen LogP contribution in [0.3, 0.4) is 0 Å². The normalized spacial score (nSPS) is 17.8. The van der Waals surface area contributed by atoms with E-state index in [0.29, 0.717) is 25.7 Å². The van der Waals surface area contributed by atoms with Gasteiger partial charge in [0, 0.05) is 0 Å². The molecule has 1 saturated carbocycles. The maximum absolute atomic E-state index is 12.6. The lowest BCUT2D eigenvalue weighted by Crippen LogP contribution is -2.54. The number of carbonyl (C=O) groups excluding carboxylic acids is 1. The summed E-state index contributed by atoms with van der Waals surface area (Å²) in [4.78, 5) is 27.5. The Labute approximate surface area is 137 Å². The molecular weight excluding hydrogens is 325 g/mol. The molecule has 1 aromatic heterocycles. The number of carbonyl (C=O) groups is 2. The largest absolute Gasteiger partial charge is 0.480 e. The third-order valence-electron chi connectivity index (χ3n) is 4.34. The number of nitrogens with zero attached hydrogens (tertiary/aromatic N) is 1. The summed E-state index contributed by atoms with van der Waals surface area (Å²) in [6, 6.07) is 1.76. The van der Waals surface area contributed by atoms with Crippen molar-refractivity contribution in [1.82, 2.24) is 10.3 Å². The van der Waals surface area contributed by atoms with E-state index in [2.05, 4.69) is 10.3 Å². The van der Waals surface area contributed by atoms with E-state index in [1.54, 1.807) is 0 Å². The van der Waals surface area contributed by atoms with Crippen molar-refractivity contribution in [1.29, 1.82) is 0 Å². The highest BCUT2D eigenvalue weighted by molar-refractivity contribution is 5.98. The third-order valence-corrected chi connectivity index (χ3v) is 4.34. The molecule has 0 unspecified atom stereocenters. The molecule has 0 aliphatic heterocycles. The van der Waals surface area contributed by atoms with Crippen molar-refractivity contribution in [3.63, 3.8) is 0 Å². The van der Waals surface area contributed by atoms with E-state index in [1.165, 1.54) is 6.92 Å². The van der Waals surface area contributed by atoms with Crippen LogP contribution in [-0.4, -0.2) is 27.5 Å². The average Bonchev–Trinajstić information content (AvgIpc) is 2.72. The minimum Gasteiger partial charge on any atom is -0.480 e. The Balaban J connectivity index is 2.26. The number of halogens is 3. The Morgan fingerprint density at radius 3 is 2.21 bits per heavy atom. The van der Waals surface area contributed by atoms with Gasteiger partial charge in [-0.3, -0.25) is 4.79 Å². The molecule has 0 saturated heterocycles. The van der Waals surface area contributed by atoms with Crippen LogP contribution in [0.1, 0.15) is 60.3 Å². The van der Waals surface area contributed by atoms with Gasteiger partial charge in [0.05, 0.1) is 11.3 Å². The van der Waals surface area contributed by atoms with Crippen LogP contribution in [0, 0.1) is 6.92 Å². The maximum atomic E-state index is 12.6. The highest BCUT2D eigenvalue weighted by Crippen LogP contribution is 2.30. The number of alkyl halides is 3. The molecule has 2 N–H and O–H groups in total. The molecule has 0 atom stereocenters. The summed E-state index contributed by atoms with van der Waals surface area (Å²) in [6.45, 7) is 1.30. The van der Waals surface area contributed by atoms with E-state index < -0.39 is 29.3 Å². The standard InChI is InChI=1S/C16H19F3N2O3/c1-10-11(6-7-12(20-10)16(17,18)19)13(22)21-15(14(23)24)8-4-2-3-5-9-15/h6-7H,2-5,8-9H2,1H3,(H,21,22)(H,23,24). The summed E-state index contributed by atoms with van der Waals surface area (Å²) < 4.78 is 37.9. The van der Waals surface area contributed by atoms with Crippen molar-refractivity contribution in [2.75, 3.05) is 0 Å². The lowest BCUT2D eigenvalue weighted by Gasteiger charge is -2.29. The number of nitrogens with one attached hydrogen (secondary N) is 1. The molecular formula is C16H19F3N2O3. The quantitative estimate of drug-likeness (QED) is 0.825. The van der Waals surface area contributed by atoms with Gasteiger partial charge in [0.15, 0.2) is 0 Å². The Morgan fingerprint density at radius 2 is 1.75 bits per heavy atom. The van der Waals surface area contributed by atoms with Crippen molar-refractivity contribution < 1.29 is 27.9 Å². The number of hydrogen-bond acceptors (Lipinski definition) is 3. The van der Waals surface area contributed by atoms with Gasteiger partial charge in [-0.1, -0.05) is 25.7 Å². The molecule has 1 amide bonds. The zero-order valence-electron chi connectivity index (χ0n) is 13.2. The molecule has 1 fully saturated rings. The van der Waals surface area contributed by atoms with E-state index in [1.807, 2.05) is 0 Å². The van der Waals surface area contributed by atoms with Crippen LogP contribution in [0.4, 0.5) is 13.2 Å². The first-order valence-corrected chi connectivity index (χ1v) is 7.76. The first kappa shape index (κ1) is 18.2. The summed E-state index contributed by atoms with van der Waals surface area (Å²) in [5.74, 6) is -1.83. The fraction of sp³-hybridized carbons (Fsp3) is 0.562. The highest BCUT2D eigenvalue weighted by Gasteiger charge is 2.40. The minimum atomic E-state index is -4.59. The number of aryl methyl sites for hydroxylation is 1. The van der Waals surface area contributed by atoms with Crippen LogP contribution in [0.25, 0.3) is 0 Å². The summed E-state index contributed by atoms with van der Waals surface area (Å²) >= 11 is 0. The van der Waals surface area contributed by atoms with Crippen LogP contribution in [0.15, 0.2) is 12.1 Å². The fourth-order valence-electron chi connectivity index (χ4n) is 2.97. The summed E-state index contributed by atoms with van der Waals surface area (Å²) in [5.41, 5.74) is -2.59. The second-order valence-corrected chi connectivity index (χ2v) is 6.08. The van der Waals surface area contributed by atoms with Gasteiger partial charge in [-0.25, -0.2) is 9.78 Å². The number of amides is 1. The third kappa shape index (κ3) is 3.85. The number of aliphatic carboxylic acids is 1. The minimum absolute atomic E-state index is 0.0483. The Bertz CT molecular complexity index is 636. The topological polar surface area (TPSA) is 79.3 Å². The van der Waals surface area contributed by atoms with Crippen LogP contribution in [0.5, 0.6) is 0 Å². The number of carboxylic acid groups (broad SMARTS) is 1. The summed E-state index contributed by atoms with van der Waals surface area (Å²) in [5, 5.41) is 12.1. The van der Waals surface area contributed by atoms with Gasteiger partial charge in [-0.05, 0) is 31.9 Å². The molecule has 1 aliphatic carbocycles. The summed E-state index contributed by atoms with van der Waals surface area (Å²) in [6.07, 6.45) is -0.836. The Morgan fingerprint density at radius 1 is 1.17 bits per heavy atom. The zero-order valence-corrected chi connectivity index (χ0v) is 13.2. The number of hydrogen-bond donors (Lipinski definition) is 2. The van der Waals surface area contributed by atoms with Gasteiger partial charge in [0.25, 0.3) is 5.91 Å². The van der Waals surface area contributed by atoms with Crippen LogP contribution in [0.2, 0.25) is 0 Å². The van der Waals surface area contributed by atoms with Gasteiger partial charge in [-0.2, -0.15) is 13.2 Å². The molecule has 2 rings (SSSR count). The monoisotopic (exact) mass is 344 g/mol. The molecule has 132 valence electrons. The Hall–Kier alpha value is -2.12. The van der Waals surface area contributed by atoms with E-state index >= 15 is 0 Å². The second-order valence-electron chi connectivity index (χ2n) is 6.08. The smallest absolute Gasteiger partial charge is 0.433 e. The van der Waals surface area contributed by atoms with Crippen molar-refractivity contribution >= 4 is 11.9 Å². The lowest BCUT2D eigenvalue weighted by atomic mass is 9.89. The lowest BCUT2D eigenvalue weighted by molar-refractivity contribution is -0.145. The first-order chi connectivity index (χ1) is 11.2.